The van der Waals surface area contributed by atoms with E-state index >= 15 is 0 Å². The zero-order valence-corrected chi connectivity index (χ0v) is 17.5. The lowest BCUT2D eigenvalue weighted by Gasteiger charge is -2.48. The molecule has 0 aliphatic carbocycles. The van der Waals surface area contributed by atoms with Crippen molar-refractivity contribution >= 4 is 0 Å². The van der Waals surface area contributed by atoms with E-state index in [9.17, 15) is 15.3 Å². The molecule has 0 spiro atoms. The van der Waals surface area contributed by atoms with Gasteiger partial charge in [0.15, 0.2) is 18.9 Å². The van der Waals surface area contributed by atoms with Crippen LogP contribution in [0, 0.1) is 5.41 Å². The average molecular weight is 427 g/mol. The van der Waals surface area contributed by atoms with Crippen molar-refractivity contribution in [1.82, 2.24) is 15.5 Å². The zero-order chi connectivity index (χ0) is 21.5. The van der Waals surface area contributed by atoms with Gasteiger partial charge >= 0.3 is 0 Å². The van der Waals surface area contributed by atoms with E-state index in [0.29, 0.717) is 13.1 Å². The molecule has 0 aromatic rings. The van der Waals surface area contributed by atoms with Crippen molar-refractivity contribution in [3.05, 3.63) is 0 Å². The fourth-order valence-electron chi connectivity index (χ4n) is 3.65. The molecule has 0 amide bonds. The SMILES string of the molecule is COC(OCO)C(CN1CCNCCNCC1)(C(OC)OCO)C(OC)OCO. The predicted octanol–water partition coefficient (Wildman–Crippen LogP) is -2.72. The van der Waals surface area contributed by atoms with Gasteiger partial charge in [-0.1, -0.05) is 0 Å². The Kier molecular flexibility index (Phi) is 14.0. The van der Waals surface area contributed by atoms with Crippen LogP contribution in [0.2, 0.25) is 0 Å². The van der Waals surface area contributed by atoms with Crippen LogP contribution in [-0.2, 0) is 28.4 Å². The monoisotopic (exact) mass is 427 g/mol. The molecule has 0 aromatic carbocycles. The second kappa shape index (κ2) is 15.3. The number of nitrogens with one attached hydrogen (secondary N) is 2. The molecule has 1 fully saturated rings. The Hall–Kier alpha value is -0.480. The maximum atomic E-state index is 9.43. The molecule has 29 heavy (non-hydrogen) atoms. The number of aliphatic hydroxyl groups excluding tert-OH is 3. The number of hydrogen-bond donors (Lipinski definition) is 5. The van der Waals surface area contributed by atoms with Crippen molar-refractivity contribution in [3.63, 3.8) is 0 Å². The molecule has 0 radical (unpaired) electrons. The largest absolute Gasteiger partial charge is 0.371 e. The van der Waals surface area contributed by atoms with E-state index in [2.05, 4.69) is 15.5 Å². The third-order valence-corrected chi connectivity index (χ3v) is 4.82. The van der Waals surface area contributed by atoms with Crippen molar-refractivity contribution in [2.45, 2.75) is 18.9 Å². The first kappa shape index (κ1) is 26.6. The molecule has 0 bridgehead atoms. The quantitative estimate of drug-likeness (QED) is 0.184. The van der Waals surface area contributed by atoms with E-state index in [1.165, 1.54) is 21.3 Å². The van der Waals surface area contributed by atoms with Gasteiger partial charge in [-0.25, -0.2) is 0 Å². The summed E-state index contributed by atoms with van der Waals surface area (Å²) in [6.45, 7) is 2.87. The summed E-state index contributed by atoms with van der Waals surface area (Å²) in [6, 6.07) is 0. The molecule has 1 rings (SSSR count). The van der Waals surface area contributed by atoms with Gasteiger partial charge in [0.05, 0.1) is 0 Å². The third-order valence-electron chi connectivity index (χ3n) is 4.82. The third kappa shape index (κ3) is 7.61. The van der Waals surface area contributed by atoms with Crippen molar-refractivity contribution in [2.75, 3.05) is 87.5 Å². The van der Waals surface area contributed by atoms with E-state index < -0.39 is 44.7 Å². The second-order valence-electron chi connectivity index (χ2n) is 6.48. The summed E-state index contributed by atoms with van der Waals surface area (Å²) >= 11 is 0. The van der Waals surface area contributed by atoms with Crippen LogP contribution in [0.15, 0.2) is 0 Å². The molecular formula is C17H37N3O9. The smallest absolute Gasteiger partial charge is 0.176 e. The molecule has 1 heterocycles. The Labute approximate surface area is 171 Å². The van der Waals surface area contributed by atoms with Crippen molar-refractivity contribution in [3.8, 4) is 0 Å². The highest BCUT2D eigenvalue weighted by molar-refractivity contribution is 4.94. The maximum absolute atomic E-state index is 9.43. The summed E-state index contributed by atoms with van der Waals surface area (Å²) in [5.74, 6) is 0. The van der Waals surface area contributed by atoms with Gasteiger partial charge < -0.3 is 54.4 Å². The van der Waals surface area contributed by atoms with Crippen LogP contribution in [0.4, 0.5) is 0 Å². The highest BCUT2D eigenvalue weighted by Gasteiger charge is 2.56. The molecule has 3 unspecified atom stereocenters. The molecule has 0 saturated carbocycles. The molecule has 1 aliphatic heterocycles. The summed E-state index contributed by atoms with van der Waals surface area (Å²) in [5.41, 5.74) is -1.35. The molecule has 12 heteroatoms. The van der Waals surface area contributed by atoms with Crippen LogP contribution in [0.25, 0.3) is 0 Å². The topological polar surface area (TPSA) is 143 Å². The predicted molar refractivity (Wildman–Crippen MR) is 102 cm³/mol. The number of rotatable bonds is 14. The van der Waals surface area contributed by atoms with Crippen LogP contribution >= 0.6 is 0 Å². The first-order valence-electron chi connectivity index (χ1n) is 9.54. The Morgan fingerprint density at radius 3 is 1.41 bits per heavy atom. The van der Waals surface area contributed by atoms with Gasteiger partial charge in [-0.05, 0) is 0 Å². The fraction of sp³-hybridized carbons (Fsp3) is 1.00. The van der Waals surface area contributed by atoms with Crippen LogP contribution < -0.4 is 10.6 Å². The van der Waals surface area contributed by atoms with E-state index in [1.807, 2.05) is 0 Å². The lowest BCUT2D eigenvalue weighted by atomic mass is 9.83. The molecule has 1 aliphatic rings. The van der Waals surface area contributed by atoms with Crippen LogP contribution in [0.5, 0.6) is 0 Å². The van der Waals surface area contributed by atoms with Gasteiger partial charge in [0, 0.05) is 67.1 Å². The highest BCUT2D eigenvalue weighted by Crippen LogP contribution is 2.39. The first-order valence-corrected chi connectivity index (χ1v) is 9.54. The standard InChI is InChI=1S/C17H37N3O9/c1-24-14(27-11-21)17(15(25-2)28-12-22,16(26-3)29-13-23)10-20-8-6-18-4-5-19-7-9-20/h14-16,18-19,21-23H,4-13H2,1-3H3. The van der Waals surface area contributed by atoms with Crippen LogP contribution in [-0.4, -0.2) is 127 Å². The van der Waals surface area contributed by atoms with Crippen LogP contribution in [0.1, 0.15) is 0 Å². The van der Waals surface area contributed by atoms with Crippen LogP contribution in [0.3, 0.4) is 0 Å². The number of methoxy groups -OCH3 is 3. The maximum Gasteiger partial charge on any atom is 0.176 e. The lowest BCUT2D eigenvalue weighted by molar-refractivity contribution is -0.372. The minimum absolute atomic E-state index is 0.228. The van der Waals surface area contributed by atoms with E-state index in [-0.39, 0.29) is 6.54 Å². The van der Waals surface area contributed by atoms with Gasteiger partial charge in [0.1, 0.15) is 25.8 Å². The highest BCUT2D eigenvalue weighted by atomic mass is 16.8. The number of ether oxygens (including phenoxy) is 6. The van der Waals surface area contributed by atoms with Crippen molar-refractivity contribution < 1.29 is 43.7 Å². The van der Waals surface area contributed by atoms with Crippen molar-refractivity contribution in [1.29, 1.82) is 0 Å². The normalized spacial score (nSPS) is 22.1. The molecular weight excluding hydrogens is 390 g/mol. The Morgan fingerprint density at radius 2 is 1.10 bits per heavy atom. The molecule has 3 atom stereocenters. The number of hydrogen-bond acceptors (Lipinski definition) is 12. The van der Waals surface area contributed by atoms with E-state index in [1.54, 1.807) is 0 Å². The van der Waals surface area contributed by atoms with Crippen molar-refractivity contribution in [2.24, 2.45) is 5.41 Å². The Bertz CT molecular complexity index is 362. The van der Waals surface area contributed by atoms with E-state index in [0.717, 1.165) is 26.2 Å². The zero-order valence-electron chi connectivity index (χ0n) is 17.5. The first-order chi connectivity index (χ1) is 14.1. The van der Waals surface area contributed by atoms with Gasteiger partial charge in [-0.3, -0.25) is 4.90 Å². The summed E-state index contributed by atoms with van der Waals surface area (Å²) in [6.07, 6.45) is -3.35. The summed E-state index contributed by atoms with van der Waals surface area (Å²) in [4.78, 5) is 2.11. The average Bonchev–Trinajstić information content (AvgIpc) is 2.86. The summed E-state index contributed by atoms with van der Waals surface area (Å²) < 4.78 is 32.8. The second-order valence-corrected chi connectivity index (χ2v) is 6.48. The van der Waals surface area contributed by atoms with Gasteiger partial charge in [0.2, 0.25) is 0 Å². The molecule has 174 valence electrons. The minimum atomic E-state index is -1.35. The van der Waals surface area contributed by atoms with E-state index in [4.69, 9.17) is 28.4 Å². The summed E-state index contributed by atoms with van der Waals surface area (Å²) in [7, 11) is 4.19. The molecule has 0 aromatic heterocycles. The fourth-order valence-corrected chi connectivity index (χ4v) is 3.65. The van der Waals surface area contributed by atoms with Gasteiger partial charge in [0.25, 0.3) is 0 Å². The van der Waals surface area contributed by atoms with Gasteiger partial charge in [-0.15, -0.1) is 0 Å². The molecule has 12 nitrogen and oxygen atoms in total. The molecule has 1 saturated heterocycles. The molecule has 5 N–H and O–H groups in total. The Morgan fingerprint density at radius 1 is 0.724 bits per heavy atom. The van der Waals surface area contributed by atoms with Gasteiger partial charge in [-0.2, -0.15) is 0 Å². The minimum Gasteiger partial charge on any atom is -0.371 e. The number of aliphatic hydroxyl groups is 3. The summed E-state index contributed by atoms with van der Waals surface area (Å²) in [5, 5.41) is 35.0. The number of nitrogens with zero attached hydrogens (tertiary/aromatic N) is 1. The Balaban J connectivity index is 3.37. The lowest BCUT2D eigenvalue weighted by Crippen LogP contribution is -2.63.